The number of hydrogen-bond acceptors (Lipinski definition) is 4. The monoisotopic (exact) mass is 429 g/mol. The highest BCUT2D eigenvalue weighted by Crippen LogP contribution is 2.23. The van der Waals surface area contributed by atoms with E-state index in [0.29, 0.717) is 30.7 Å². The number of amides is 1. The van der Waals surface area contributed by atoms with E-state index in [0.717, 1.165) is 43.9 Å². The van der Waals surface area contributed by atoms with Gasteiger partial charge in [0, 0.05) is 63.4 Å². The minimum atomic E-state index is 0.0285. The van der Waals surface area contributed by atoms with Crippen molar-refractivity contribution in [2.45, 2.75) is 6.42 Å². The van der Waals surface area contributed by atoms with Crippen LogP contribution in [0.3, 0.4) is 0 Å². The highest BCUT2D eigenvalue weighted by atomic mass is 16.2. The van der Waals surface area contributed by atoms with E-state index in [1.165, 1.54) is 0 Å². The summed E-state index contributed by atoms with van der Waals surface area (Å²) in [5.74, 6) is 0.134. The standard InChI is InChI=1S/C27H31N3O2/c1-28-14-16-29(17-15-28)13-12-26(31)30-20-24(18-22-8-4-2-5-9-22)27(32)25(21-30)19-23-10-6-3-7-11-23/h2-11,18-19H,12-17,20-21H2,1H3/b24-18+,25-19+. The van der Waals surface area contributed by atoms with E-state index < -0.39 is 0 Å². The average Bonchev–Trinajstić information content (AvgIpc) is 2.82. The number of carbonyl (C=O) groups is 2. The van der Waals surface area contributed by atoms with Crippen LogP contribution in [0.1, 0.15) is 17.5 Å². The molecule has 5 nitrogen and oxygen atoms in total. The van der Waals surface area contributed by atoms with Crippen LogP contribution in [-0.4, -0.2) is 79.3 Å². The molecule has 0 aromatic heterocycles. The van der Waals surface area contributed by atoms with Crippen molar-refractivity contribution in [1.29, 1.82) is 0 Å². The van der Waals surface area contributed by atoms with E-state index in [9.17, 15) is 9.59 Å². The fraction of sp³-hybridized carbons (Fsp3) is 0.333. The predicted octanol–water partition coefficient (Wildman–Crippen LogP) is 3.20. The second-order valence-electron chi connectivity index (χ2n) is 8.63. The van der Waals surface area contributed by atoms with Crippen LogP contribution < -0.4 is 0 Å². The Morgan fingerprint density at radius 2 is 1.31 bits per heavy atom. The molecule has 0 spiro atoms. The van der Waals surface area contributed by atoms with Crippen molar-refractivity contribution in [3.63, 3.8) is 0 Å². The number of rotatable bonds is 5. The summed E-state index contributed by atoms with van der Waals surface area (Å²) >= 11 is 0. The Labute approximate surface area is 190 Å². The zero-order chi connectivity index (χ0) is 22.3. The molecule has 1 amide bonds. The van der Waals surface area contributed by atoms with Gasteiger partial charge in [0.1, 0.15) is 0 Å². The molecule has 166 valence electrons. The number of likely N-dealkylation sites (tertiary alicyclic amines) is 1. The van der Waals surface area contributed by atoms with Crippen molar-refractivity contribution in [2.24, 2.45) is 0 Å². The molecule has 2 aliphatic heterocycles. The van der Waals surface area contributed by atoms with Crippen molar-refractivity contribution in [2.75, 3.05) is 52.9 Å². The predicted molar refractivity (Wildman–Crippen MR) is 129 cm³/mol. The minimum Gasteiger partial charge on any atom is -0.334 e. The molecule has 2 aromatic rings. The van der Waals surface area contributed by atoms with Crippen LogP contribution in [0.15, 0.2) is 71.8 Å². The Morgan fingerprint density at radius 1 is 0.812 bits per heavy atom. The van der Waals surface area contributed by atoms with Crippen LogP contribution in [0.5, 0.6) is 0 Å². The lowest BCUT2D eigenvalue weighted by atomic mass is 9.94. The molecule has 0 unspecified atom stereocenters. The highest BCUT2D eigenvalue weighted by molar-refractivity contribution is 6.15. The number of benzene rings is 2. The molecule has 2 fully saturated rings. The van der Waals surface area contributed by atoms with E-state index in [-0.39, 0.29) is 11.7 Å². The first-order chi connectivity index (χ1) is 15.6. The summed E-state index contributed by atoms with van der Waals surface area (Å²) in [6.45, 7) is 5.58. The number of likely N-dealkylation sites (N-methyl/N-ethyl adjacent to an activating group) is 1. The van der Waals surface area contributed by atoms with E-state index in [2.05, 4.69) is 16.8 Å². The van der Waals surface area contributed by atoms with Crippen LogP contribution in [0.2, 0.25) is 0 Å². The summed E-state index contributed by atoms with van der Waals surface area (Å²) < 4.78 is 0. The molecule has 0 saturated carbocycles. The number of piperazine rings is 1. The summed E-state index contributed by atoms with van der Waals surface area (Å²) in [5, 5.41) is 0. The Bertz CT molecular complexity index is 929. The number of ketones is 1. The van der Waals surface area contributed by atoms with Crippen LogP contribution in [0, 0.1) is 0 Å². The Balaban J connectivity index is 1.52. The third-order valence-electron chi connectivity index (χ3n) is 6.18. The molecule has 4 rings (SSSR count). The Kier molecular flexibility index (Phi) is 7.30. The molecule has 2 heterocycles. The normalized spacial score (nSPS) is 20.8. The Hall–Kier alpha value is -3.02. The van der Waals surface area contributed by atoms with Gasteiger partial charge in [0.25, 0.3) is 0 Å². The van der Waals surface area contributed by atoms with Gasteiger partial charge < -0.3 is 14.7 Å². The van der Waals surface area contributed by atoms with Gasteiger partial charge in [0.2, 0.25) is 5.91 Å². The van der Waals surface area contributed by atoms with Crippen molar-refractivity contribution in [3.05, 3.63) is 82.9 Å². The van der Waals surface area contributed by atoms with Gasteiger partial charge in [-0.2, -0.15) is 0 Å². The van der Waals surface area contributed by atoms with Crippen molar-refractivity contribution in [3.8, 4) is 0 Å². The van der Waals surface area contributed by atoms with Gasteiger partial charge in [-0.1, -0.05) is 60.7 Å². The van der Waals surface area contributed by atoms with Gasteiger partial charge in [-0.15, -0.1) is 0 Å². The number of nitrogens with zero attached hydrogens (tertiary/aromatic N) is 3. The zero-order valence-electron chi connectivity index (χ0n) is 18.7. The van der Waals surface area contributed by atoms with Gasteiger partial charge >= 0.3 is 0 Å². The topological polar surface area (TPSA) is 43.9 Å². The SMILES string of the molecule is CN1CCN(CCC(=O)N2C/C(=C\c3ccccc3)C(=O)/C(=C/c3ccccc3)C2)CC1. The molecule has 2 saturated heterocycles. The number of hydrogen-bond donors (Lipinski definition) is 0. The maximum Gasteiger partial charge on any atom is 0.224 e. The molecule has 32 heavy (non-hydrogen) atoms. The van der Waals surface area contributed by atoms with Gasteiger partial charge in [0.15, 0.2) is 5.78 Å². The third kappa shape index (κ3) is 5.81. The second-order valence-corrected chi connectivity index (χ2v) is 8.63. The molecule has 2 aromatic carbocycles. The zero-order valence-corrected chi connectivity index (χ0v) is 18.7. The first-order valence-electron chi connectivity index (χ1n) is 11.3. The van der Waals surface area contributed by atoms with Gasteiger partial charge in [0.05, 0.1) is 0 Å². The van der Waals surface area contributed by atoms with Gasteiger partial charge in [-0.3, -0.25) is 9.59 Å². The lowest BCUT2D eigenvalue weighted by molar-refractivity contribution is -0.131. The summed E-state index contributed by atoms with van der Waals surface area (Å²) in [6.07, 6.45) is 4.32. The summed E-state index contributed by atoms with van der Waals surface area (Å²) in [4.78, 5) is 32.9. The quantitative estimate of drug-likeness (QED) is 0.685. The second kappa shape index (κ2) is 10.5. The van der Waals surface area contributed by atoms with Gasteiger partial charge in [-0.05, 0) is 30.3 Å². The average molecular weight is 430 g/mol. The fourth-order valence-corrected chi connectivity index (χ4v) is 4.20. The molecule has 0 atom stereocenters. The molecule has 5 heteroatoms. The molecule has 0 aliphatic carbocycles. The number of piperidine rings is 1. The fourth-order valence-electron chi connectivity index (χ4n) is 4.20. The molecular formula is C27H31N3O2. The van der Waals surface area contributed by atoms with Crippen LogP contribution in [0.25, 0.3) is 12.2 Å². The summed E-state index contributed by atoms with van der Waals surface area (Å²) in [5.41, 5.74) is 3.28. The molecule has 2 aliphatic rings. The van der Waals surface area contributed by atoms with E-state index in [1.807, 2.05) is 77.7 Å². The number of carbonyl (C=O) groups excluding carboxylic acids is 2. The van der Waals surface area contributed by atoms with E-state index in [1.54, 1.807) is 0 Å². The van der Waals surface area contributed by atoms with Crippen molar-refractivity contribution in [1.82, 2.24) is 14.7 Å². The number of Topliss-reactive ketones (excluding diaryl/α,β-unsaturated/α-hetero) is 1. The summed E-state index contributed by atoms with van der Waals surface area (Å²) in [7, 11) is 2.13. The Morgan fingerprint density at radius 3 is 1.81 bits per heavy atom. The molecule has 0 bridgehead atoms. The largest absolute Gasteiger partial charge is 0.334 e. The molecule has 0 radical (unpaired) electrons. The highest BCUT2D eigenvalue weighted by Gasteiger charge is 2.29. The maximum absolute atomic E-state index is 13.3. The first-order valence-corrected chi connectivity index (χ1v) is 11.3. The molecule has 0 N–H and O–H groups in total. The lowest BCUT2D eigenvalue weighted by Gasteiger charge is -2.34. The van der Waals surface area contributed by atoms with E-state index >= 15 is 0 Å². The maximum atomic E-state index is 13.3. The smallest absolute Gasteiger partial charge is 0.224 e. The summed E-state index contributed by atoms with van der Waals surface area (Å²) in [6, 6.07) is 19.7. The van der Waals surface area contributed by atoms with Crippen molar-refractivity contribution < 1.29 is 9.59 Å². The minimum absolute atomic E-state index is 0.0285. The van der Waals surface area contributed by atoms with Crippen LogP contribution >= 0.6 is 0 Å². The first kappa shape index (κ1) is 22.2. The third-order valence-corrected chi connectivity index (χ3v) is 6.18. The van der Waals surface area contributed by atoms with Crippen LogP contribution in [0.4, 0.5) is 0 Å². The molecular weight excluding hydrogens is 398 g/mol. The van der Waals surface area contributed by atoms with E-state index in [4.69, 9.17) is 0 Å². The van der Waals surface area contributed by atoms with Gasteiger partial charge in [-0.25, -0.2) is 0 Å². The van der Waals surface area contributed by atoms with Crippen LogP contribution in [-0.2, 0) is 9.59 Å². The lowest BCUT2D eigenvalue weighted by Crippen LogP contribution is -2.46. The van der Waals surface area contributed by atoms with Crippen molar-refractivity contribution >= 4 is 23.8 Å².